The summed E-state index contributed by atoms with van der Waals surface area (Å²) in [6.07, 6.45) is 0. The third-order valence-electron chi connectivity index (χ3n) is 2.69. The zero-order valence-corrected chi connectivity index (χ0v) is 11.0. The molecule has 90 valence electrons. The van der Waals surface area contributed by atoms with Gasteiger partial charge in [0.2, 0.25) is 0 Å². The summed E-state index contributed by atoms with van der Waals surface area (Å²) in [5.74, 6) is 1.23. The maximum absolute atomic E-state index is 5.36. The van der Waals surface area contributed by atoms with Crippen molar-refractivity contribution in [3.63, 3.8) is 0 Å². The molecule has 0 fully saturated rings. The van der Waals surface area contributed by atoms with Crippen LogP contribution in [-0.2, 0) is 0 Å². The molecule has 0 aliphatic rings. The Kier molecular flexibility index (Phi) is 3.33. The molecule has 3 nitrogen and oxygen atoms in total. The fourth-order valence-electron chi connectivity index (χ4n) is 1.70. The predicted octanol–water partition coefficient (Wildman–Crippen LogP) is 3.67. The normalized spacial score (nSPS) is 10.8. The second-order valence-electron chi connectivity index (χ2n) is 4.21. The lowest BCUT2D eigenvalue weighted by atomic mass is 10.1. The molecule has 1 heterocycles. The van der Waals surface area contributed by atoms with Gasteiger partial charge < -0.3 is 4.74 Å². The molecule has 17 heavy (non-hydrogen) atoms. The molecule has 0 radical (unpaired) electrons. The average molecular weight is 248 g/mol. The van der Waals surface area contributed by atoms with E-state index in [4.69, 9.17) is 17.0 Å². The number of H-pyrrole nitrogens is 1. The first kappa shape index (κ1) is 11.9. The number of aromatic nitrogens is 2. The number of nitrogens with one attached hydrogen (secondary N) is 1. The Morgan fingerprint density at radius 2 is 2.00 bits per heavy atom. The van der Waals surface area contributed by atoms with Gasteiger partial charge in [-0.3, -0.25) is 5.10 Å². The Morgan fingerprint density at radius 1 is 1.29 bits per heavy atom. The van der Waals surface area contributed by atoms with Crippen molar-refractivity contribution >= 4 is 12.2 Å². The highest BCUT2D eigenvalue weighted by Gasteiger charge is 2.09. The van der Waals surface area contributed by atoms with Crippen LogP contribution in [-0.4, -0.2) is 16.9 Å². The van der Waals surface area contributed by atoms with Crippen molar-refractivity contribution in [3.8, 4) is 11.4 Å². The molecule has 1 N–H and O–H groups in total. The summed E-state index contributed by atoms with van der Waals surface area (Å²) in [5.41, 5.74) is 2.06. The largest absolute Gasteiger partial charge is 0.494 e. The van der Waals surface area contributed by atoms with Crippen molar-refractivity contribution in [3.05, 3.63) is 40.7 Å². The maximum atomic E-state index is 5.36. The van der Waals surface area contributed by atoms with Crippen molar-refractivity contribution < 1.29 is 4.74 Å². The summed E-state index contributed by atoms with van der Waals surface area (Å²) >= 11 is 5.36. The highest BCUT2D eigenvalue weighted by molar-refractivity contribution is 7.71. The number of benzene rings is 1. The quantitative estimate of drug-likeness (QED) is 0.840. The number of nitrogens with zero attached hydrogens (tertiary/aromatic N) is 1. The van der Waals surface area contributed by atoms with Gasteiger partial charge in [-0.1, -0.05) is 38.2 Å². The van der Waals surface area contributed by atoms with Crippen LogP contribution >= 0.6 is 12.2 Å². The van der Waals surface area contributed by atoms with Crippen molar-refractivity contribution in [2.24, 2.45) is 0 Å². The van der Waals surface area contributed by atoms with E-state index in [2.05, 4.69) is 18.9 Å². The summed E-state index contributed by atoms with van der Waals surface area (Å²) < 4.78 is 7.98. The summed E-state index contributed by atoms with van der Waals surface area (Å²) in [6, 6.07) is 9.81. The average Bonchev–Trinajstić information content (AvgIpc) is 2.71. The molecular formula is C13H16N2OS. The lowest BCUT2D eigenvalue weighted by Crippen LogP contribution is -2.00. The lowest BCUT2D eigenvalue weighted by molar-refractivity contribution is 0.411. The highest BCUT2D eigenvalue weighted by Crippen LogP contribution is 2.23. The first-order chi connectivity index (χ1) is 8.13. The minimum atomic E-state index is 0.424. The minimum absolute atomic E-state index is 0.424. The number of methoxy groups -OCH3 is 1. The third-order valence-corrected chi connectivity index (χ3v) is 2.99. The third kappa shape index (κ3) is 2.26. The molecule has 0 unspecified atom stereocenters. The van der Waals surface area contributed by atoms with E-state index in [1.54, 1.807) is 7.11 Å². The topological polar surface area (TPSA) is 29.9 Å². The van der Waals surface area contributed by atoms with Gasteiger partial charge >= 0.3 is 0 Å². The fourth-order valence-corrected chi connectivity index (χ4v) is 1.97. The van der Waals surface area contributed by atoms with E-state index >= 15 is 0 Å². The SMILES string of the molecule is COc1ccccc1-n1[nH]c(C(C)C)cc1=S. The van der Waals surface area contributed by atoms with E-state index in [0.717, 1.165) is 21.8 Å². The molecule has 0 atom stereocenters. The zero-order valence-electron chi connectivity index (χ0n) is 10.2. The van der Waals surface area contributed by atoms with Gasteiger partial charge in [-0.2, -0.15) is 0 Å². The van der Waals surface area contributed by atoms with Gasteiger partial charge in [0, 0.05) is 5.69 Å². The molecule has 0 aliphatic carbocycles. The van der Waals surface area contributed by atoms with Gasteiger partial charge in [-0.25, -0.2) is 4.68 Å². The predicted molar refractivity (Wildman–Crippen MR) is 71.6 cm³/mol. The van der Waals surface area contributed by atoms with Gasteiger partial charge in [0.15, 0.2) is 0 Å². The van der Waals surface area contributed by atoms with Gasteiger partial charge in [0.25, 0.3) is 0 Å². The van der Waals surface area contributed by atoms with Crippen molar-refractivity contribution in [1.29, 1.82) is 0 Å². The Bertz CT molecular complexity index is 569. The van der Waals surface area contributed by atoms with Crippen molar-refractivity contribution in [2.75, 3.05) is 7.11 Å². The van der Waals surface area contributed by atoms with E-state index in [1.165, 1.54) is 0 Å². The molecule has 0 amide bonds. The van der Waals surface area contributed by atoms with E-state index in [-0.39, 0.29) is 0 Å². The summed E-state index contributed by atoms with van der Waals surface area (Å²) in [4.78, 5) is 0. The van der Waals surface area contributed by atoms with E-state index in [0.29, 0.717) is 5.92 Å². The molecule has 0 saturated heterocycles. The maximum Gasteiger partial charge on any atom is 0.144 e. The summed E-state index contributed by atoms with van der Waals surface area (Å²) in [7, 11) is 1.66. The van der Waals surface area contributed by atoms with Crippen molar-refractivity contribution in [2.45, 2.75) is 19.8 Å². The Balaban J connectivity index is 2.57. The first-order valence-electron chi connectivity index (χ1n) is 5.59. The molecule has 4 heteroatoms. The van der Waals surface area contributed by atoms with Crippen LogP contribution in [0.15, 0.2) is 30.3 Å². The van der Waals surface area contributed by atoms with Gasteiger partial charge in [0.05, 0.1) is 7.11 Å². The van der Waals surface area contributed by atoms with Crippen LogP contribution in [0.4, 0.5) is 0 Å². The Morgan fingerprint density at radius 3 is 2.59 bits per heavy atom. The van der Waals surface area contributed by atoms with Crippen LogP contribution in [0.5, 0.6) is 5.75 Å². The molecule has 0 aliphatic heterocycles. The first-order valence-corrected chi connectivity index (χ1v) is 5.99. The van der Waals surface area contributed by atoms with E-state index in [9.17, 15) is 0 Å². The number of ether oxygens (including phenoxy) is 1. The van der Waals surface area contributed by atoms with Gasteiger partial charge in [-0.05, 0) is 24.1 Å². The molecule has 2 rings (SSSR count). The molecule has 0 spiro atoms. The second-order valence-corrected chi connectivity index (χ2v) is 4.63. The van der Waals surface area contributed by atoms with Crippen molar-refractivity contribution in [1.82, 2.24) is 9.78 Å². The number of rotatable bonds is 3. The Hall–Kier alpha value is -1.55. The number of para-hydroxylation sites is 2. The van der Waals surface area contributed by atoms with Crippen LogP contribution in [0, 0.1) is 4.64 Å². The monoisotopic (exact) mass is 248 g/mol. The molecule has 1 aromatic carbocycles. The van der Waals surface area contributed by atoms with Gasteiger partial charge in [0.1, 0.15) is 16.1 Å². The second kappa shape index (κ2) is 4.75. The lowest BCUT2D eigenvalue weighted by Gasteiger charge is -2.09. The van der Waals surface area contributed by atoms with Crippen LogP contribution in [0.3, 0.4) is 0 Å². The molecule has 0 saturated carbocycles. The summed E-state index contributed by atoms with van der Waals surface area (Å²) in [6.45, 7) is 4.26. The number of hydrogen-bond donors (Lipinski definition) is 1. The standard InChI is InChI=1S/C13H16N2OS/c1-9(2)10-8-13(17)15(14-10)11-6-4-5-7-12(11)16-3/h4-9,14H,1-3H3. The fraction of sp³-hybridized carbons (Fsp3) is 0.308. The van der Waals surface area contributed by atoms with E-state index < -0.39 is 0 Å². The van der Waals surface area contributed by atoms with Gasteiger partial charge in [-0.15, -0.1) is 0 Å². The molecule has 2 aromatic rings. The number of aromatic amines is 1. The van der Waals surface area contributed by atoms with Crippen LogP contribution in [0.2, 0.25) is 0 Å². The molecule has 0 bridgehead atoms. The molecular weight excluding hydrogens is 232 g/mol. The number of hydrogen-bond acceptors (Lipinski definition) is 2. The van der Waals surface area contributed by atoms with Crippen LogP contribution in [0.1, 0.15) is 25.5 Å². The minimum Gasteiger partial charge on any atom is -0.494 e. The smallest absolute Gasteiger partial charge is 0.144 e. The Labute approximate surface area is 106 Å². The van der Waals surface area contributed by atoms with Crippen LogP contribution in [0.25, 0.3) is 5.69 Å². The van der Waals surface area contributed by atoms with Crippen LogP contribution < -0.4 is 4.74 Å². The molecule has 1 aromatic heterocycles. The highest BCUT2D eigenvalue weighted by atomic mass is 32.1. The zero-order chi connectivity index (χ0) is 12.4. The summed E-state index contributed by atoms with van der Waals surface area (Å²) in [5, 5.41) is 3.30. The van der Waals surface area contributed by atoms with E-state index in [1.807, 2.05) is 35.0 Å².